The lowest BCUT2D eigenvalue weighted by atomic mass is 10.2. The minimum atomic E-state index is -1.05. The molecule has 0 spiro atoms. The van der Waals surface area contributed by atoms with Gasteiger partial charge in [-0.05, 0) is 5.56 Å². The summed E-state index contributed by atoms with van der Waals surface area (Å²) < 4.78 is 10.4. The van der Waals surface area contributed by atoms with E-state index in [4.69, 9.17) is 14.6 Å². The van der Waals surface area contributed by atoms with E-state index >= 15 is 0 Å². The van der Waals surface area contributed by atoms with Crippen molar-refractivity contribution in [2.45, 2.75) is 12.7 Å². The number of carbonyl (C=O) groups excluding carboxylic acids is 1. The maximum Gasteiger partial charge on any atom is 0.334 e. The molecule has 0 aromatic heterocycles. The van der Waals surface area contributed by atoms with Crippen molar-refractivity contribution in [3.63, 3.8) is 0 Å². The lowest BCUT2D eigenvalue weighted by molar-refractivity contribution is -0.160. The summed E-state index contributed by atoms with van der Waals surface area (Å²) in [5, 5.41) is 8.87. The van der Waals surface area contributed by atoms with Crippen LogP contribution in [0.25, 0.3) is 0 Å². The van der Waals surface area contributed by atoms with Gasteiger partial charge in [0.25, 0.3) is 0 Å². The summed E-state index contributed by atoms with van der Waals surface area (Å²) in [5.41, 5.74) is 0.991. The average Bonchev–Trinajstić information content (AvgIpc) is 2.48. The van der Waals surface area contributed by atoms with E-state index in [9.17, 15) is 9.59 Å². The van der Waals surface area contributed by atoms with E-state index in [1.807, 2.05) is 30.3 Å². The smallest absolute Gasteiger partial charge is 0.334 e. The number of carboxylic acids is 1. The number of carbonyl (C=O) groups is 2. The first-order valence-corrected chi connectivity index (χ1v) is 6.40. The fraction of sp³-hybridized carbons (Fsp3) is 0.429. The van der Waals surface area contributed by atoms with Crippen LogP contribution in [0.5, 0.6) is 0 Å². The summed E-state index contributed by atoms with van der Waals surface area (Å²) in [7, 11) is 0. The van der Waals surface area contributed by atoms with Crippen molar-refractivity contribution in [1.82, 2.24) is 4.90 Å². The van der Waals surface area contributed by atoms with Crippen LogP contribution in [0.4, 0.5) is 0 Å². The molecule has 1 fully saturated rings. The van der Waals surface area contributed by atoms with E-state index in [2.05, 4.69) is 0 Å². The van der Waals surface area contributed by atoms with Crippen LogP contribution in [0.2, 0.25) is 0 Å². The van der Waals surface area contributed by atoms with Gasteiger partial charge in [-0.1, -0.05) is 30.3 Å². The van der Waals surface area contributed by atoms with Crippen LogP contribution in [0.1, 0.15) is 5.56 Å². The number of nitrogens with zero attached hydrogens (tertiary/aromatic N) is 1. The van der Waals surface area contributed by atoms with E-state index in [-0.39, 0.29) is 25.7 Å². The van der Waals surface area contributed by atoms with E-state index in [0.29, 0.717) is 13.2 Å². The molecule has 1 N–H and O–H groups in total. The van der Waals surface area contributed by atoms with Crippen molar-refractivity contribution in [3.05, 3.63) is 35.9 Å². The van der Waals surface area contributed by atoms with Crippen molar-refractivity contribution >= 4 is 11.9 Å². The highest BCUT2D eigenvalue weighted by atomic mass is 16.5. The second kappa shape index (κ2) is 7.02. The molecule has 1 saturated heterocycles. The number of hydrogen-bond donors (Lipinski definition) is 1. The number of morpholine rings is 1. The Morgan fingerprint density at radius 2 is 2.10 bits per heavy atom. The molecule has 1 unspecified atom stereocenters. The van der Waals surface area contributed by atoms with Gasteiger partial charge in [0.05, 0.1) is 19.8 Å². The molecule has 1 aromatic rings. The van der Waals surface area contributed by atoms with Crippen molar-refractivity contribution < 1.29 is 24.2 Å². The Hall–Kier alpha value is -1.92. The number of carboxylic acid groups (broad SMARTS) is 1. The second-order valence-electron chi connectivity index (χ2n) is 4.52. The molecule has 1 heterocycles. The Kier molecular flexibility index (Phi) is 5.09. The third kappa shape index (κ3) is 4.04. The lowest BCUT2D eigenvalue weighted by Gasteiger charge is -2.30. The van der Waals surface area contributed by atoms with Crippen LogP contribution >= 0.6 is 0 Å². The molecular formula is C14H17NO5. The van der Waals surface area contributed by atoms with Gasteiger partial charge < -0.3 is 19.5 Å². The summed E-state index contributed by atoms with van der Waals surface area (Å²) >= 11 is 0. The lowest BCUT2D eigenvalue weighted by Crippen LogP contribution is -2.49. The van der Waals surface area contributed by atoms with Crippen LogP contribution in [-0.4, -0.2) is 54.3 Å². The first-order chi connectivity index (χ1) is 9.66. The quantitative estimate of drug-likeness (QED) is 0.850. The molecule has 1 aromatic carbocycles. The second-order valence-corrected chi connectivity index (χ2v) is 4.52. The standard InChI is InChI=1S/C14H17NO5/c16-13(10-19-9-11-4-2-1-3-5-11)15-6-7-20-12(8-15)14(17)18/h1-5,12H,6-10H2,(H,17,18). The summed E-state index contributed by atoms with van der Waals surface area (Å²) in [4.78, 5) is 24.2. The highest BCUT2D eigenvalue weighted by molar-refractivity contribution is 5.79. The fourth-order valence-electron chi connectivity index (χ4n) is 1.95. The number of amides is 1. The maximum atomic E-state index is 11.9. The first kappa shape index (κ1) is 14.5. The van der Waals surface area contributed by atoms with Gasteiger partial charge in [0.2, 0.25) is 5.91 Å². The van der Waals surface area contributed by atoms with Gasteiger partial charge in [-0.15, -0.1) is 0 Å². The van der Waals surface area contributed by atoms with E-state index in [1.54, 1.807) is 0 Å². The summed E-state index contributed by atoms with van der Waals surface area (Å²) in [6, 6.07) is 9.55. The molecule has 1 amide bonds. The van der Waals surface area contributed by atoms with Gasteiger partial charge >= 0.3 is 5.97 Å². The molecule has 0 saturated carbocycles. The van der Waals surface area contributed by atoms with Crippen LogP contribution < -0.4 is 0 Å². The summed E-state index contributed by atoms with van der Waals surface area (Å²) in [6.07, 6.45) is -0.943. The Labute approximate surface area is 116 Å². The summed E-state index contributed by atoms with van der Waals surface area (Å²) in [5.74, 6) is -1.26. The highest BCUT2D eigenvalue weighted by Crippen LogP contribution is 2.07. The largest absolute Gasteiger partial charge is 0.479 e. The third-order valence-corrected chi connectivity index (χ3v) is 3.03. The molecule has 6 nitrogen and oxygen atoms in total. The first-order valence-electron chi connectivity index (χ1n) is 6.40. The Balaban J connectivity index is 1.75. The molecule has 1 atom stereocenters. The molecule has 6 heteroatoms. The molecule has 0 aliphatic carbocycles. The molecule has 2 rings (SSSR count). The normalized spacial score (nSPS) is 18.8. The van der Waals surface area contributed by atoms with E-state index in [0.717, 1.165) is 5.56 Å². The molecule has 20 heavy (non-hydrogen) atoms. The molecule has 0 radical (unpaired) electrons. The topological polar surface area (TPSA) is 76.1 Å². The average molecular weight is 279 g/mol. The predicted octanol–water partition coefficient (Wildman–Crippen LogP) is 0.515. The van der Waals surface area contributed by atoms with Crippen LogP contribution in [-0.2, 0) is 25.7 Å². The molecular weight excluding hydrogens is 262 g/mol. The van der Waals surface area contributed by atoms with Gasteiger partial charge in [0.15, 0.2) is 6.10 Å². The number of aliphatic carboxylic acids is 1. The zero-order valence-electron chi connectivity index (χ0n) is 11.0. The minimum absolute atomic E-state index is 0.0543. The van der Waals surface area contributed by atoms with Gasteiger partial charge in [-0.25, -0.2) is 4.79 Å². The third-order valence-electron chi connectivity index (χ3n) is 3.03. The Morgan fingerprint density at radius 3 is 2.80 bits per heavy atom. The van der Waals surface area contributed by atoms with Crippen molar-refractivity contribution in [2.24, 2.45) is 0 Å². The highest BCUT2D eigenvalue weighted by Gasteiger charge is 2.28. The Morgan fingerprint density at radius 1 is 1.35 bits per heavy atom. The number of ether oxygens (including phenoxy) is 2. The van der Waals surface area contributed by atoms with E-state index in [1.165, 1.54) is 4.90 Å². The molecule has 1 aliphatic heterocycles. The molecule has 1 aliphatic rings. The monoisotopic (exact) mass is 279 g/mol. The predicted molar refractivity (Wildman–Crippen MR) is 70.1 cm³/mol. The van der Waals surface area contributed by atoms with Gasteiger partial charge in [0, 0.05) is 6.54 Å². The van der Waals surface area contributed by atoms with Crippen molar-refractivity contribution in [2.75, 3.05) is 26.3 Å². The Bertz CT molecular complexity index is 462. The zero-order valence-corrected chi connectivity index (χ0v) is 11.0. The van der Waals surface area contributed by atoms with Crippen molar-refractivity contribution in [3.8, 4) is 0 Å². The van der Waals surface area contributed by atoms with Gasteiger partial charge in [-0.2, -0.15) is 0 Å². The maximum absolute atomic E-state index is 11.9. The number of hydrogen-bond acceptors (Lipinski definition) is 4. The number of rotatable bonds is 5. The van der Waals surface area contributed by atoms with Crippen LogP contribution in [0.3, 0.4) is 0 Å². The minimum Gasteiger partial charge on any atom is -0.479 e. The summed E-state index contributed by atoms with van der Waals surface area (Å²) in [6.45, 7) is 1.02. The van der Waals surface area contributed by atoms with Gasteiger partial charge in [-0.3, -0.25) is 4.79 Å². The fourth-order valence-corrected chi connectivity index (χ4v) is 1.95. The zero-order chi connectivity index (χ0) is 14.4. The molecule has 108 valence electrons. The van der Waals surface area contributed by atoms with Crippen molar-refractivity contribution in [1.29, 1.82) is 0 Å². The van der Waals surface area contributed by atoms with Crippen LogP contribution in [0, 0.1) is 0 Å². The molecule has 0 bridgehead atoms. The SMILES string of the molecule is O=C(O)C1CN(C(=O)COCc2ccccc2)CCO1. The number of benzene rings is 1. The van der Waals surface area contributed by atoms with Crippen LogP contribution in [0.15, 0.2) is 30.3 Å². The van der Waals surface area contributed by atoms with E-state index < -0.39 is 12.1 Å². The van der Waals surface area contributed by atoms with Gasteiger partial charge in [0.1, 0.15) is 6.61 Å².